The van der Waals surface area contributed by atoms with Gasteiger partial charge in [0.05, 0.1) is 0 Å². The number of anilines is 1. The van der Waals surface area contributed by atoms with Crippen LogP contribution >= 0.6 is 0 Å². The van der Waals surface area contributed by atoms with E-state index >= 15 is 0 Å². The second-order valence-electron chi connectivity index (χ2n) is 2.65. The minimum absolute atomic E-state index is 0.117. The van der Waals surface area contributed by atoms with Gasteiger partial charge < -0.3 is 10.5 Å². The van der Waals surface area contributed by atoms with Gasteiger partial charge in [-0.15, -0.1) is 18.3 Å². The number of rotatable bonds is 1. The number of nitrogen functional groups attached to an aromatic ring is 1. The van der Waals surface area contributed by atoms with E-state index in [1.54, 1.807) is 0 Å². The van der Waals surface area contributed by atoms with E-state index < -0.39 is 12.2 Å². The zero-order chi connectivity index (χ0) is 11.1. The monoisotopic (exact) mass is 218 g/mol. The van der Waals surface area contributed by atoms with Crippen LogP contribution in [-0.4, -0.2) is 21.0 Å². The molecular weight excluding hydrogens is 213 g/mol. The van der Waals surface area contributed by atoms with E-state index in [0.717, 1.165) is 10.6 Å². The molecule has 80 valence electrons. The van der Waals surface area contributed by atoms with Crippen LogP contribution < -0.4 is 10.5 Å². The van der Waals surface area contributed by atoms with Gasteiger partial charge in [-0.05, 0) is 6.07 Å². The van der Waals surface area contributed by atoms with E-state index in [2.05, 4.69) is 14.8 Å². The fourth-order valence-corrected chi connectivity index (χ4v) is 1.09. The van der Waals surface area contributed by atoms with Gasteiger partial charge in [-0.2, -0.15) is 9.50 Å². The number of pyridine rings is 1. The van der Waals surface area contributed by atoms with Crippen molar-refractivity contribution in [3.05, 3.63) is 18.2 Å². The molecule has 0 saturated carbocycles. The van der Waals surface area contributed by atoms with E-state index in [1.165, 1.54) is 12.1 Å². The van der Waals surface area contributed by atoms with Gasteiger partial charge in [0.2, 0.25) is 11.8 Å². The standard InChI is InChI=1S/C7H5F3N4O/c8-7(9,10)15-5-3-1-2-4-12-6(11)13-14(4)5/h1-3H,(H2,11,13). The minimum Gasteiger partial charge on any atom is -0.388 e. The first kappa shape index (κ1) is 9.56. The van der Waals surface area contributed by atoms with Crippen LogP contribution in [0.2, 0.25) is 0 Å². The van der Waals surface area contributed by atoms with Crippen LogP contribution in [0, 0.1) is 0 Å². The molecule has 15 heavy (non-hydrogen) atoms. The first-order valence-corrected chi connectivity index (χ1v) is 3.83. The summed E-state index contributed by atoms with van der Waals surface area (Å²) in [4.78, 5) is 3.69. The topological polar surface area (TPSA) is 65.4 Å². The second-order valence-corrected chi connectivity index (χ2v) is 2.65. The molecule has 0 aliphatic heterocycles. The normalized spacial score (nSPS) is 11.9. The number of halogens is 3. The summed E-state index contributed by atoms with van der Waals surface area (Å²) >= 11 is 0. The highest BCUT2D eigenvalue weighted by Gasteiger charge is 2.32. The minimum atomic E-state index is -4.77. The van der Waals surface area contributed by atoms with E-state index in [1.807, 2.05) is 0 Å². The second kappa shape index (κ2) is 3.01. The Morgan fingerprint density at radius 3 is 2.73 bits per heavy atom. The summed E-state index contributed by atoms with van der Waals surface area (Å²) < 4.78 is 40.5. The van der Waals surface area contributed by atoms with Crippen molar-refractivity contribution in [3.63, 3.8) is 0 Å². The fraction of sp³-hybridized carbons (Fsp3) is 0.143. The predicted molar refractivity (Wildman–Crippen MR) is 44.1 cm³/mol. The van der Waals surface area contributed by atoms with Gasteiger partial charge >= 0.3 is 6.36 Å². The number of hydrogen-bond acceptors (Lipinski definition) is 4. The molecule has 2 heterocycles. The quantitative estimate of drug-likeness (QED) is 0.781. The van der Waals surface area contributed by atoms with Crippen molar-refractivity contribution in [1.82, 2.24) is 14.6 Å². The number of alkyl halides is 3. The number of hydrogen-bond donors (Lipinski definition) is 1. The van der Waals surface area contributed by atoms with Crippen molar-refractivity contribution in [2.24, 2.45) is 0 Å². The molecule has 2 aromatic rings. The first-order chi connectivity index (χ1) is 6.96. The zero-order valence-electron chi connectivity index (χ0n) is 7.19. The smallest absolute Gasteiger partial charge is 0.388 e. The molecule has 0 unspecified atom stereocenters. The van der Waals surface area contributed by atoms with Gasteiger partial charge in [-0.3, -0.25) is 0 Å². The summed E-state index contributed by atoms with van der Waals surface area (Å²) in [5, 5.41) is 3.56. The lowest BCUT2D eigenvalue weighted by Gasteiger charge is -2.08. The molecule has 5 nitrogen and oxygen atoms in total. The van der Waals surface area contributed by atoms with E-state index in [4.69, 9.17) is 5.73 Å². The molecule has 0 saturated heterocycles. The van der Waals surface area contributed by atoms with Crippen molar-refractivity contribution in [2.45, 2.75) is 6.36 Å². The third-order valence-electron chi connectivity index (χ3n) is 1.56. The summed E-state index contributed by atoms with van der Waals surface area (Å²) in [7, 11) is 0. The Bertz CT molecular complexity index is 492. The summed E-state index contributed by atoms with van der Waals surface area (Å²) in [6.07, 6.45) is -4.77. The third-order valence-corrected chi connectivity index (χ3v) is 1.56. The van der Waals surface area contributed by atoms with E-state index in [9.17, 15) is 13.2 Å². The van der Waals surface area contributed by atoms with Crippen LogP contribution in [0.3, 0.4) is 0 Å². The zero-order valence-corrected chi connectivity index (χ0v) is 7.19. The largest absolute Gasteiger partial charge is 0.574 e. The molecule has 0 amide bonds. The molecule has 0 atom stereocenters. The molecular formula is C7H5F3N4O. The van der Waals surface area contributed by atoms with Crippen molar-refractivity contribution < 1.29 is 17.9 Å². The van der Waals surface area contributed by atoms with Gasteiger partial charge in [0, 0.05) is 6.07 Å². The van der Waals surface area contributed by atoms with E-state index in [-0.39, 0.29) is 11.6 Å². The highest BCUT2D eigenvalue weighted by molar-refractivity contribution is 5.44. The Labute approximate surface area is 81.3 Å². The maximum Gasteiger partial charge on any atom is 0.574 e. The number of aromatic nitrogens is 3. The fourth-order valence-electron chi connectivity index (χ4n) is 1.09. The Balaban J connectivity index is 2.51. The Morgan fingerprint density at radius 2 is 2.07 bits per heavy atom. The summed E-state index contributed by atoms with van der Waals surface area (Å²) in [5.74, 6) is -0.600. The van der Waals surface area contributed by atoms with Gasteiger partial charge in [0.1, 0.15) is 0 Å². The third kappa shape index (κ3) is 1.92. The van der Waals surface area contributed by atoms with Crippen LogP contribution in [0.1, 0.15) is 0 Å². The number of nitrogens with two attached hydrogens (primary N) is 1. The van der Waals surface area contributed by atoms with Gasteiger partial charge in [-0.1, -0.05) is 6.07 Å². The molecule has 0 bridgehead atoms. The lowest BCUT2D eigenvalue weighted by molar-refractivity contribution is -0.276. The average molecular weight is 218 g/mol. The number of fused-ring (bicyclic) bond motifs is 1. The van der Waals surface area contributed by atoms with Gasteiger partial charge in [0.25, 0.3) is 0 Å². The molecule has 2 rings (SSSR count). The van der Waals surface area contributed by atoms with Crippen molar-refractivity contribution in [3.8, 4) is 5.88 Å². The summed E-state index contributed by atoms with van der Waals surface area (Å²) in [6, 6.07) is 3.95. The van der Waals surface area contributed by atoms with Crippen LogP contribution in [0.15, 0.2) is 18.2 Å². The van der Waals surface area contributed by atoms with Crippen molar-refractivity contribution in [2.75, 3.05) is 5.73 Å². The number of nitrogens with zero attached hydrogens (tertiary/aromatic N) is 3. The molecule has 0 aliphatic rings. The Hall–Kier alpha value is -1.99. The summed E-state index contributed by atoms with van der Waals surface area (Å²) in [6.45, 7) is 0. The maximum atomic E-state index is 12.0. The van der Waals surface area contributed by atoms with Crippen LogP contribution in [0.4, 0.5) is 19.1 Å². The van der Waals surface area contributed by atoms with Crippen molar-refractivity contribution >= 4 is 11.6 Å². The van der Waals surface area contributed by atoms with Crippen LogP contribution in [0.5, 0.6) is 5.88 Å². The molecule has 2 aromatic heterocycles. The highest BCUT2D eigenvalue weighted by Crippen LogP contribution is 2.22. The predicted octanol–water partition coefficient (Wildman–Crippen LogP) is 1.21. The molecule has 0 spiro atoms. The highest BCUT2D eigenvalue weighted by atomic mass is 19.4. The lowest BCUT2D eigenvalue weighted by atomic mass is 10.5. The van der Waals surface area contributed by atoms with E-state index in [0.29, 0.717) is 0 Å². The first-order valence-electron chi connectivity index (χ1n) is 3.83. The van der Waals surface area contributed by atoms with Crippen LogP contribution in [-0.2, 0) is 0 Å². The summed E-state index contributed by atoms with van der Waals surface area (Å²) in [5.41, 5.74) is 5.43. The maximum absolute atomic E-state index is 12.0. The molecule has 0 radical (unpaired) electrons. The molecule has 0 aromatic carbocycles. The van der Waals surface area contributed by atoms with Crippen molar-refractivity contribution in [1.29, 1.82) is 0 Å². The average Bonchev–Trinajstić information content (AvgIpc) is 2.43. The van der Waals surface area contributed by atoms with Gasteiger partial charge in [0.15, 0.2) is 5.65 Å². The lowest BCUT2D eigenvalue weighted by Crippen LogP contribution is -2.19. The molecule has 2 N–H and O–H groups in total. The molecule has 0 fully saturated rings. The molecule has 8 heteroatoms. The Kier molecular flexibility index (Phi) is 1.92. The number of ether oxygens (including phenoxy) is 1. The Morgan fingerprint density at radius 1 is 1.33 bits per heavy atom. The SMILES string of the molecule is Nc1nc2cccc(OC(F)(F)F)n2n1. The molecule has 0 aliphatic carbocycles. The van der Waals surface area contributed by atoms with Gasteiger partial charge in [-0.25, -0.2) is 0 Å². The van der Waals surface area contributed by atoms with Crippen LogP contribution in [0.25, 0.3) is 5.65 Å².